The number of thioether (sulfide) groups is 1. The summed E-state index contributed by atoms with van der Waals surface area (Å²) in [5, 5.41) is 15.7. The van der Waals surface area contributed by atoms with Gasteiger partial charge in [-0.15, -0.1) is 25.3 Å². The van der Waals surface area contributed by atoms with Gasteiger partial charge in [0, 0.05) is 70.7 Å². The summed E-state index contributed by atoms with van der Waals surface area (Å²) in [6.07, 6.45) is 7.11. The lowest BCUT2D eigenvalue weighted by atomic mass is 9.93. The Kier molecular flexibility index (Phi) is 14.7. The highest BCUT2D eigenvalue weighted by Crippen LogP contribution is 2.50. The molecule has 0 aliphatic carbocycles. The predicted octanol–water partition coefficient (Wildman–Crippen LogP) is 10.8. The van der Waals surface area contributed by atoms with E-state index in [1.807, 2.05) is 77.7 Å². The summed E-state index contributed by atoms with van der Waals surface area (Å²) < 4.78 is 36.2. The van der Waals surface area contributed by atoms with Crippen molar-refractivity contribution < 1.29 is 32.2 Å². The zero-order valence-corrected chi connectivity index (χ0v) is 40.5. The molecular weight excluding hydrogens is 936 g/mol. The van der Waals surface area contributed by atoms with E-state index in [-0.39, 0.29) is 18.1 Å². The second-order valence-corrected chi connectivity index (χ2v) is 21.0. The maximum atomic E-state index is 13.5. The van der Waals surface area contributed by atoms with E-state index in [1.54, 1.807) is 41.3 Å². The van der Waals surface area contributed by atoms with E-state index in [1.165, 1.54) is 0 Å². The number of rotatable bonds is 16. The van der Waals surface area contributed by atoms with Crippen LogP contribution in [0.3, 0.4) is 0 Å². The molecule has 0 saturated carbocycles. The van der Waals surface area contributed by atoms with Crippen LogP contribution in [0.25, 0.3) is 27.4 Å². The van der Waals surface area contributed by atoms with Crippen molar-refractivity contribution in [3.63, 3.8) is 0 Å². The fourth-order valence-electron chi connectivity index (χ4n) is 8.31. The molecule has 3 N–H and O–H groups in total. The van der Waals surface area contributed by atoms with Crippen LogP contribution in [0.2, 0.25) is 5.02 Å². The lowest BCUT2D eigenvalue weighted by Gasteiger charge is -2.36. The molecule has 0 saturated heterocycles. The van der Waals surface area contributed by atoms with Crippen molar-refractivity contribution in [1.82, 2.24) is 5.32 Å². The van der Waals surface area contributed by atoms with Gasteiger partial charge < -0.3 is 20.2 Å². The number of aromatic nitrogens is 1. The number of hydrogen-bond acceptors (Lipinski definition) is 10. The Bertz CT molecular complexity index is 2960. The molecule has 336 valence electrons. The molecule has 0 fully saturated rings. The molecule has 5 aromatic carbocycles. The minimum absolute atomic E-state index is 0.221. The average Bonchev–Trinajstić information content (AvgIpc) is 3.82. The van der Waals surface area contributed by atoms with Crippen LogP contribution in [0.4, 0.5) is 11.4 Å². The number of carbonyl (C=O) groups is 2. The molecule has 1 unspecified atom stereocenters. The standard InChI is InChI=1S/C49H47ClN4O6S5/c1-2-31(23-45-53(20-11-21-65(58,59)60)39-26-36(27-42(61)46(39)63-45)32-12-4-3-5-13-32)22-44-52(40-28-37(50)29-43(62)47(40)64-44)19-9-8-18-51-48(55)34-16-10-17-38(24-34)54-30-35-15-7-6-14-33(35)25-41(54)49(56)57/h3-7,10,12-17,22-24,26-29,41H,2,8-9,11,18-21,25,30H2,1H3,(H4-,51,55,56,57,58,59,60,61,62)/p+1. The molecule has 16 heteroatoms. The van der Waals surface area contributed by atoms with Gasteiger partial charge in [-0.2, -0.15) is 13.0 Å². The number of carboxylic acid groups (broad SMARTS) is 1. The number of benzene rings is 5. The third-order valence-corrected chi connectivity index (χ3v) is 16.0. The monoisotopic (exact) mass is 983 g/mol. The van der Waals surface area contributed by atoms with E-state index in [0.29, 0.717) is 61.7 Å². The maximum absolute atomic E-state index is 13.5. The third kappa shape index (κ3) is 10.9. The summed E-state index contributed by atoms with van der Waals surface area (Å²) in [6, 6.07) is 32.3. The average molecular weight is 985 g/mol. The SMILES string of the molecule is CCC(=Cc1sc2c(S)cc(-c3ccccc3)cc2[n+]1CCCS(=O)(=O)O)C=C1Sc2c(S)cc(Cl)cc2N1CCCCNC(=O)c1cccc(N2Cc3ccccc3CC2C(=O)O)c1. The number of allylic oxidation sites excluding steroid dienone is 2. The van der Waals surface area contributed by atoms with Gasteiger partial charge in [-0.1, -0.05) is 102 Å². The van der Waals surface area contributed by atoms with Gasteiger partial charge in [0.05, 0.1) is 21.4 Å². The first-order valence-electron chi connectivity index (χ1n) is 21.3. The molecule has 0 bridgehead atoms. The molecule has 3 heterocycles. The first-order valence-corrected chi connectivity index (χ1v) is 25.8. The van der Waals surface area contributed by atoms with Crippen LogP contribution in [0.15, 0.2) is 134 Å². The third-order valence-electron chi connectivity index (χ3n) is 11.6. The Morgan fingerprint density at radius 3 is 2.45 bits per heavy atom. The maximum Gasteiger partial charge on any atom is 0.326 e. The summed E-state index contributed by atoms with van der Waals surface area (Å²) in [4.78, 5) is 32.5. The number of halogens is 1. The lowest BCUT2D eigenvalue weighted by molar-refractivity contribution is -0.668. The van der Waals surface area contributed by atoms with E-state index >= 15 is 0 Å². The number of anilines is 2. The van der Waals surface area contributed by atoms with Gasteiger partial charge in [-0.3, -0.25) is 9.35 Å². The normalized spacial score (nSPS) is 15.7. The summed E-state index contributed by atoms with van der Waals surface area (Å²) >= 11 is 19.5. The number of nitrogens with one attached hydrogen (secondary N) is 1. The van der Waals surface area contributed by atoms with Gasteiger partial charge in [0.1, 0.15) is 10.7 Å². The van der Waals surface area contributed by atoms with Crippen LogP contribution in [-0.2, 0) is 34.4 Å². The van der Waals surface area contributed by atoms with Gasteiger partial charge >= 0.3 is 5.97 Å². The zero-order valence-electron chi connectivity index (χ0n) is 35.5. The molecule has 8 rings (SSSR count). The van der Waals surface area contributed by atoms with Crippen LogP contribution >= 0.6 is 60.0 Å². The van der Waals surface area contributed by atoms with Gasteiger partial charge in [-0.25, -0.2) is 4.79 Å². The van der Waals surface area contributed by atoms with Crippen LogP contribution < -0.4 is 19.7 Å². The number of aryl methyl sites for hydroxylation is 1. The molecule has 1 aromatic heterocycles. The van der Waals surface area contributed by atoms with E-state index < -0.39 is 22.1 Å². The largest absolute Gasteiger partial charge is 0.480 e. The van der Waals surface area contributed by atoms with Crippen molar-refractivity contribution >= 4 is 110 Å². The highest BCUT2D eigenvalue weighted by atomic mass is 35.5. The number of carbonyl (C=O) groups excluding carboxylic acids is 1. The van der Waals surface area contributed by atoms with E-state index in [2.05, 4.69) is 46.0 Å². The quantitative estimate of drug-likeness (QED) is 0.0278. The van der Waals surface area contributed by atoms with E-state index in [9.17, 15) is 27.7 Å². The van der Waals surface area contributed by atoms with Crippen molar-refractivity contribution in [3.8, 4) is 11.1 Å². The van der Waals surface area contributed by atoms with Crippen molar-refractivity contribution in [3.05, 3.63) is 147 Å². The number of hydrogen-bond donors (Lipinski definition) is 5. The van der Waals surface area contributed by atoms with Crippen LogP contribution in [-0.4, -0.2) is 54.8 Å². The topological polar surface area (TPSA) is 131 Å². The van der Waals surface area contributed by atoms with Gasteiger partial charge in [-0.05, 0) is 89.6 Å². The molecular formula is C49H48ClN4O6S5+. The molecule has 2 aliphatic rings. The van der Waals surface area contributed by atoms with Gasteiger partial charge in [0.25, 0.3) is 21.0 Å². The minimum atomic E-state index is -4.14. The predicted molar refractivity (Wildman–Crippen MR) is 270 cm³/mol. The van der Waals surface area contributed by atoms with E-state index in [4.69, 9.17) is 36.9 Å². The molecule has 2 aliphatic heterocycles. The summed E-state index contributed by atoms with van der Waals surface area (Å²) in [5.41, 5.74) is 8.25. The Morgan fingerprint density at radius 2 is 1.69 bits per heavy atom. The van der Waals surface area contributed by atoms with Crippen LogP contribution in [0, 0.1) is 0 Å². The van der Waals surface area contributed by atoms with Crippen molar-refractivity contribution in [2.45, 2.75) is 72.8 Å². The molecule has 10 nitrogen and oxygen atoms in total. The smallest absolute Gasteiger partial charge is 0.326 e. The van der Waals surface area contributed by atoms with Crippen LogP contribution in [0.5, 0.6) is 0 Å². The molecule has 6 aromatic rings. The number of carboxylic acids is 1. The first-order chi connectivity index (χ1) is 31.3. The van der Waals surface area contributed by atoms with Gasteiger partial charge in [0.2, 0.25) is 5.52 Å². The Balaban J connectivity index is 1.00. The number of thiazole rings is 1. The Hall–Kier alpha value is -4.74. The highest BCUT2D eigenvalue weighted by Gasteiger charge is 2.32. The van der Waals surface area contributed by atoms with Crippen molar-refractivity contribution in [2.75, 3.05) is 28.6 Å². The summed E-state index contributed by atoms with van der Waals surface area (Å²) in [6.45, 7) is 4.01. The Morgan fingerprint density at radius 1 is 0.923 bits per heavy atom. The molecule has 0 radical (unpaired) electrons. The highest BCUT2D eigenvalue weighted by molar-refractivity contribution is 8.04. The number of fused-ring (bicyclic) bond motifs is 3. The fraction of sp³-hybridized carbons (Fsp3) is 0.245. The van der Waals surface area contributed by atoms with Crippen LogP contribution in [0.1, 0.15) is 59.1 Å². The number of aliphatic carboxylic acids is 1. The summed E-state index contributed by atoms with van der Waals surface area (Å²) in [5.74, 6) is -1.47. The Labute approximate surface area is 403 Å². The lowest BCUT2D eigenvalue weighted by Crippen LogP contribution is -2.45. The number of thiol groups is 2. The second-order valence-electron chi connectivity index (χ2n) is 16.0. The number of unbranched alkanes of at least 4 members (excludes halogenated alkanes) is 1. The second kappa shape index (κ2) is 20.4. The molecule has 1 amide bonds. The van der Waals surface area contributed by atoms with E-state index in [0.717, 1.165) is 74.9 Å². The van der Waals surface area contributed by atoms with Crippen molar-refractivity contribution in [1.29, 1.82) is 0 Å². The number of amides is 1. The molecule has 1 atom stereocenters. The molecule has 0 spiro atoms. The fourth-order valence-corrected chi connectivity index (χ4v) is 12.2. The first kappa shape index (κ1) is 46.8. The zero-order chi connectivity index (χ0) is 45.8. The molecule has 65 heavy (non-hydrogen) atoms. The van der Waals surface area contributed by atoms with Gasteiger partial charge in [0.15, 0.2) is 6.54 Å². The summed E-state index contributed by atoms with van der Waals surface area (Å²) in [7, 11) is -4.14. The minimum Gasteiger partial charge on any atom is -0.480 e. The van der Waals surface area contributed by atoms with Crippen molar-refractivity contribution in [2.24, 2.45) is 0 Å². The number of nitrogens with zero attached hydrogens (tertiary/aromatic N) is 3.